The summed E-state index contributed by atoms with van der Waals surface area (Å²) in [4.78, 5) is 25.9. The normalized spacial score (nSPS) is 13.9. The molecule has 2 atom stereocenters. The minimum absolute atomic E-state index is 0.0362. The summed E-state index contributed by atoms with van der Waals surface area (Å²) in [5.41, 5.74) is 0. The highest BCUT2D eigenvalue weighted by Gasteiger charge is 2.16. The maximum Gasteiger partial charge on any atom is 0.243 e. The first-order chi connectivity index (χ1) is 13.4. The van der Waals surface area contributed by atoms with Crippen LogP contribution >= 0.6 is 0 Å². The van der Waals surface area contributed by atoms with E-state index in [9.17, 15) is 9.59 Å². The number of hydrogen-bond acceptors (Lipinski definition) is 3. The summed E-state index contributed by atoms with van der Waals surface area (Å²) in [6.07, 6.45) is 16.2. The highest BCUT2D eigenvalue weighted by molar-refractivity contribution is 5.87. The molecule has 2 N–H and O–H groups in total. The van der Waals surface area contributed by atoms with Crippen LogP contribution in [0.25, 0.3) is 0 Å². The van der Waals surface area contributed by atoms with Crippen LogP contribution in [0.2, 0.25) is 0 Å². The van der Waals surface area contributed by atoms with Crippen molar-refractivity contribution < 1.29 is 9.59 Å². The van der Waals surface area contributed by atoms with Crippen LogP contribution in [0.5, 0.6) is 0 Å². The van der Waals surface area contributed by atoms with Crippen LogP contribution in [0.4, 0.5) is 0 Å². The molecule has 0 spiro atoms. The van der Waals surface area contributed by atoms with Gasteiger partial charge in [-0.2, -0.15) is 0 Å². The maximum atomic E-state index is 11.9. The van der Waals surface area contributed by atoms with E-state index in [0.717, 1.165) is 25.7 Å². The molecule has 0 saturated carbocycles. The van der Waals surface area contributed by atoms with E-state index in [2.05, 4.69) is 43.2 Å². The van der Waals surface area contributed by atoms with E-state index in [1.807, 2.05) is 19.2 Å². The summed E-state index contributed by atoms with van der Waals surface area (Å²) >= 11 is 0. The Hall–Kier alpha value is -1.62. The van der Waals surface area contributed by atoms with E-state index in [1.54, 1.807) is 12.2 Å². The molecule has 0 aromatic heterocycles. The van der Waals surface area contributed by atoms with Crippen molar-refractivity contribution in [1.82, 2.24) is 15.5 Å². The van der Waals surface area contributed by atoms with Gasteiger partial charge in [-0.1, -0.05) is 51.7 Å². The van der Waals surface area contributed by atoms with Gasteiger partial charge in [0.05, 0.1) is 0 Å². The summed E-state index contributed by atoms with van der Waals surface area (Å²) < 4.78 is 0. The lowest BCUT2D eigenvalue weighted by Crippen LogP contribution is -2.47. The van der Waals surface area contributed by atoms with Gasteiger partial charge in [-0.25, -0.2) is 0 Å². The van der Waals surface area contributed by atoms with Gasteiger partial charge in [0.1, 0.15) is 0 Å². The molecule has 5 heteroatoms. The van der Waals surface area contributed by atoms with Crippen LogP contribution in [-0.4, -0.2) is 48.9 Å². The number of hydrogen-bond donors (Lipinski definition) is 2. The van der Waals surface area contributed by atoms with Crippen molar-refractivity contribution in [2.45, 2.75) is 91.1 Å². The predicted octanol–water partition coefficient (Wildman–Crippen LogP) is 4.20. The van der Waals surface area contributed by atoms with Crippen molar-refractivity contribution in [2.24, 2.45) is 0 Å². The second kappa shape index (κ2) is 17.5. The molecular formula is C23H43N3O2. The van der Waals surface area contributed by atoms with Crippen LogP contribution in [0, 0.1) is 0 Å². The molecule has 0 fully saturated rings. The van der Waals surface area contributed by atoms with Crippen LogP contribution in [-0.2, 0) is 9.59 Å². The van der Waals surface area contributed by atoms with E-state index in [1.165, 1.54) is 25.7 Å². The number of nitrogens with zero attached hydrogens (tertiary/aromatic N) is 1. The molecule has 0 heterocycles. The Morgan fingerprint density at radius 1 is 0.786 bits per heavy atom. The Kier molecular flexibility index (Phi) is 16.5. The van der Waals surface area contributed by atoms with Crippen molar-refractivity contribution in [2.75, 3.05) is 20.1 Å². The van der Waals surface area contributed by atoms with Gasteiger partial charge < -0.3 is 10.6 Å². The quantitative estimate of drug-likeness (QED) is 0.305. The number of unbranched alkanes of at least 4 members (excludes halogenated alkanes) is 6. The fraction of sp³-hybridized carbons (Fsp3) is 0.739. The van der Waals surface area contributed by atoms with Gasteiger partial charge in [0.15, 0.2) is 0 Å². The van der Waals surface area contributed by atoms with Gasteiger partial charge in [-0.05, 0) is 58.7 Å². The number of carbonyl (C=O) groups excluding carboxylic acids is 2. The minimum Gasteiger partial charge on any atom is -0.351 e. The number of allylic oxidation sites excluding steroid dienone is 2. The first kappa shape index (κ1) is 26.4. The van der Waals surface area contributed by atoms with Crippen LogP contribution in [0.1, 0.15) is 79.1 Å². The monoisotopic (exact) mass is 393 g/mol. The summed E-state index contributed by atoms with van der Waals surface area (Å²) in [7, 11) is 2.02. The number of amides is 2. The van der Waals surface area contributed by atoms with Crippen molar-refractivity contribution >= 4 is 11.8 Å². The fourth-order valence-electron chi connectivity index (χ4n) is 2.74. The zero-order valence-corrected chi connectivity index (χ0v) is 18.8. The van der Waals surface area contributed by atoms with E-state index >= 15 is 0 Å². The van der Waals surface area contributed by atoms with Crippen molar-refractivity contribution in [1.29, 1.82) is 0 Å². The molecule has 0 rings (SSSR count). The number of likely N-dealkylation sites (N-methyl/N-ethyl adjacent to an activating group) is 1. The molecule has 2 unspecified atom stereocenters. The largest absolute Gasteiger partial charge is 0.351 e. The summed E-state index contributed by atoms with van der Waals surface area (Å²) in [6.45, 7) is 9.68. The minimum atomic E-state index is -0.0362. The first-order valence-electron chi connectivity index (χ1n) is 11.0. The molecule has 0 saturated heterocycles. The number of carbonyl (C=O) groups is 2. The molecule has 0 aromatic carbocycles. The fourth-order valence-corrected chi connectivity index (χ4v) is 2.74. The highest BCUT2D eigenvalue weighted by atomic mass is 16.2. The van der Waals surface area contributed by atoms with Crippen molar-refractivity contribution in [3.63, 3.8) is 0 Å². The van der Waals surface area contributed by atoms with Gasteiger partial charge in [0.25, 0.3) is 0 Å². The standard InChI is InChI=1S/C23H43N3O2/c1-6-8-10-12-14-16-22(27)24-18-20(3)26(5)21(4)19-25-23(28)17-15-13-11-9-7-2/h14-17,20-21H,6-13,18-19H2,1-5H3,(H,24,27)(H,25,28)/b16-14+,17-15+. The molecule has 0 radical (unpaired) electrons. The SMILES string of the molecule is CCCCC/C=C/C(=O)NCC(C)N(C)C(C)CNC(=O)/C=C/CCCCC. The lowest BCUT2D eigenvalue weighted by molar-refractivity contribution is -0.117. The highest BCUT2D eigenvalue weighted by Crippen LogP contribution is 2.02. The smallest absolute Gasteiger partial charge is 0.243 e. The van der Waals surface area contributed by atoms with E-state index in [-0.39, 0.29) is 23.9 Å². The lowest BCUT2D eigenvalue weighted by Gasteiger charge is -2.30. The van der Waals surface area contributed by atoms with Crippen molar-refractivity contribution in [3.8, 4) is 0 Å². The zero-order valence-electron chi connectivity index (χ0n) is 18.8. The average molecular weight is 394 g/mol. The molecule has 0 aliphatic rings. The van der Waals surface area contributed by atoms with E-state index < -0.39 is 0 Å². The third-order valence-electron chi connectivity index (χ3n) is 5.02. The molecule has 0 aromatic rings. The summed E-state index contributed by atoms with van der Waals surface area (Å²) in [5.74, 6) is -0.0724. The van der Waals surface area contributed by atoms with Gasteiger partial charge >= 0.3 is 0 Å². The third-order valence-corrected chi connectivity index (χ3v) is 5.02. The summed E-state index contributed by atoms with van der Waals surface area (Å²) in [6, 6.07) is 0.378. The molecule has 28 heavy (non-hydrogen) atoms. The number of nitrogens with one attached hydrogen (secondary N) is 2. The van der Waals surface area contributed by atoms with E-state index in [4.69, 9.17) is 0 Å². The molecule has 0 aliphatic carbocycles. The Labute approximate surface area is 173 Å². The molecular weight excluding hydrogens is 350 g/mol. The Morgan fingerprint density at radius 2 is 1.18 bits per heavy atom. The van der Waals surface area contributed by atoms with Gasteiger partial charge in [-0.3, -0.25) is 14.5 Å². The second-order valence-electron chi connectivity index (χ2n) is 7.65. The Bertz CT molecular complexity index is 432. The van der Waals surface area contributed by atoms with Gasteiger partial charge in [0.2, 0.25) is 11.8 Å². The zero-order chi connectivity index (χ0) is 21.2. The summed E-state index contributed by atoms with van der Waals surface area (Å²) in [5, 5.41) is 5.91. The van der Waals surface area contributed by atoms with Crippen LogP contribution in [0.15, 0.2) is 24.3 Å². The second-order valence-corrected chi connectivity index (χ2v) is 7.65. The molecule has 0 bridgehead atoms. The third kappa shape index (κ3) is 14.4. The van der Waals surface area contributed by atoms with Crippen LogP contribution in [0.3, 0.4) is 0 Å². The maximum absolute atomic E-state index is 11.9. The lowest BCUT2D eigenvalue weighted by atomic mass is 10.2. The molecule has 162 valence electrons. The van der Waals surface area contributed by atoms with E-state index in [0.29, 0.717) is 13.1 Å². The predicted molar refractivity (Wildman–Crippen MR) is 119 cm³/mol. The first-order valence-corrected chi connectivity index (χ1v) is 11.0. The topological polar surface area (TPSA) is 61.4 Å². The van der Waals surface area contributed by atoms with Crippen LogP contribution < -0.4 is 10.6 Å². The molecule has 2 amide bonds. The molecule has 5 nitrogen and oxygen atoms in total. The molecule has 0 aliphatic heterocycles. The van der Waals surface area contributed by atoms with Gasteiger partial charge in [0, 0.05) is 25.2 Å². The Balaban J connectivity index is 4.04. The average Bonchev–Trinajstić information content (AvgIpc) is 2.69. The van der Waals surface area contributed by atoms with Crippen molar-refractivity contribution in [3.05, 3.63) is 24.3 Å². The van der Waals surface area contributed by atoms with Gasteiger partial charge in [-0.15, -0.1) is 0 Å². The Morgan fingerprint density at radius 3 is 1.54 bits per heavy atom. The number of rotatable bonds is 16.